The van der Waals surface area contributed by atoms with Crippen LogP contribution in [-0.4, -0.2) is 47.0 Å². The van der Waals surface area contributed by atoms with E-state index >= 15 is 0 Å². The Balaban J connectivity index is 1.51. The van der Waals surface area contributed by atoms with Crippen LogP contribution in [-0.2, 0) is 12.6 Å². The molecule has 0 spiro atoms. The molecule has 1 fully saturated rings. The van der Waals surface area contributed by atoms with Gasteiger partial charge in [0.25, 0.3) is 5.91 Å². The first-order chi connectivity index (χ1) is 16.7. The zero-order valence-corrected chi connectivity index (χ0v) is 19.6. The number of ether oxygens (including phenoxy) is 1. The molecule has 1 aromatic carbocycles. The standard InChI is InChI=1S/C26H27F3N4O2/c1-3-17-12-18(4-5-23(17)25(34)32-20-7-10-33(2)11-8-20)24-14-21(6-9-31-24)35-22-13-19(15-30-16-22)26(27,28)29/h4-6,9,12-16,20H,3,7-8,10-11H2,1-2H3,(H,32,34). The highest BCUT2D eigenvalue weighted by atomic mass is 19.4. The summed E-state index contributed by atoms with van der Waals surface area (Å²) in [5.74, 6) is 0.232. The van der Waals surface area contributed by atoms with Crippen molar-refractivity contribution >= 4 is 5.91 Å². The summed E-state index contributed by atoms with van der Waals surface area (Å²) in [6, 6.07) is 9.82. The van der Waals surface area contributed by atoms with E-state index in [9.17, 15) is 18.0 Å². The lowest BCUT2D eigenvalue weighted by Crippen LogP contribution is -2.43. The van der Waals surface area contributed by atoms with Gasteiger partial charge in [-0.2, -0.15) is 13.2 Å². The van der Waals surface area contributed by atoms with Gasteiger partial charge in [-0.3, -0.25) is 14.8 Å². The van der Waals surface area contributed by atoms with Gasteiger partial charge in [0.1, 0.15) is 11.5 Å². The number of carbonyl (C=O) groups is 1. The molecular formula is C26H27F3N4O2. The number of amides is 1. The molecule has 0 radical (unpaired) electrons. The smallest absolute Gasteiger partial charge is 0.418 e. The SMILES string of the molecule is CCc1cc(-c2cc(Oc3cncc(C(F)(F)F)c3)ccn2)ccc1C(=O)NC1CCN(C)CC1. The molecule has 0 saturated carbocycles. The minimum atomic E-state index is -4.51. The van der Waals surface area contributed by atoms with Gasteiger partial charge in [0.15, 0.2) is 0 Å². The Kier molecular flexibility index (Phi) is 7.35. The van der Waals surface area contributed by atoms with Crippen LogP contribution >= 0.6 is 0 Å². The van der Waals surface area contributed by atoms with Crippen LogP contribution in [0.15, 0.2) is 55.0 Å². The Morgan fingerprint density at radius 2 is 1.89 bits per heavy atom. The molecule has 184 valence electrons. The third-order valence-electron chi connectivity index (χ3n) is 6.09. The van der Waals surface area contributed by atoms with Crippen molar-refractivity contribution < 1.29 is 22.7 Å². The first kappa shape index (κ1) is 24.7. The topological polar surface area (TPSA) is 67.3 Å². The molecule has 0 bridgehead atoms. The Labute approximate surface area is 202 Å². The van der Waals surface area contributed by atoms with Crippen LogP contribution in [0.4, 0.5) is 13.2 Å². The van der Waals surface area contributed by atoms with E-state index in [1.54, 1.807) is 18.2 Å². The molecule has 0 atom stereocenters. The predicted molar refractivity (Wildman–Crippen MR) is 126 cm³/mol. The summed E-state index contributed by atoms with van der Waals surface area (Å²) >= 11 is 0. The number of rotatable bonds is 6. The molecule has 3 aromatic rings. The number of aryl methyl sites for hydroxylation is 1. The van der Waals surface area contributed by atoms with E-state index in [1.165, 1.54) is 12.4 Å². The Morgan fingerprint density at radius 3 is 2.60 bits per heavy atom. The molecule has 1 saturated heterocycles. The fraction of sp³-hybridized carbons (Fsp3) is 0.346. The number of alkyl halides is 3. The van der Waals surface area contributed by atoms with Gasteiger partial charge >= 0.3 is 6.18 Å². The summed E-state index contributed by atoms with van der Waals surface area (Å²) in [6.45, 7) is 3.91. The minimum absolute atomic E-state index is 0.0212. The third kappa shape index (κ3) is 6.16. The van der Waals surface area contributed by atoms with Gasteiger partial charge in [0, 0.05) is 35.6 Å². The lowest BCUT2D eigenvalue weighted by molar-refractivity contribution is -0.137. The van der Waals surface area contributed by atoms with E-state index in [2.05, 4.69) is 27.2 Å². The van der Waals surface area contributed by atoms with Crippen LogP contribution in [0.2, 0.25) is 0 Å². The fourth-order valence-electron chi connectivity index (χ4n) is 4.08. The van der Waals surface area contributed by atoms with Crippen LogP contribution in [0.1, 0.15) is 41.3 Å². The predicted octanol–water partition coefficient (Wildman–Crippen LogP) is 5.34. The summed E-state index contributed by atoms with van der Waals surface area (Å²) in [4.78, 5) is 23.2. The van der Waals surface area contributed by atoms with Gasteiger partial charge in [0.05, 0.1) is 17.5 Å². The van der Waals surface area contributed by atoms with Gasteiger partial charge in [0.2, 0.25) is 0 Å². The molecule has 2 aromatic heterocycles. The first-order valence-electron chi connectivity index (χ1n) is 11.5. The monoisotopic (exact) mass is 484 g/mol. The number of piperidine rings is 1. The molecule has 6 nitrogen and oxygen atoms in total. The van der Waals surface area contributed by atoms with Crippen molar-refractivity contribution in [3.05, 3.63) is 71.7 Å². The Morgan fingerprint density at radius 1 is 1.11 bits per heavy atom. The number of halogens is 3. The van der Waals surface area contributed by atoms with E-state index in [4.69, 9.17) is 4.74 Å². The Hall–Kier alpha value is -3.46. The molecule has 1 aliphatic rings. The average molecular weight is 485 g/mol. The zero-order valence-electron chi connectivity index (χ0n) is 19.6. The van der Waals surface area contributed by atoms with Crippen LogP contribution in [0.5, 0.6) is 11.5 Å². The molecule has 0 unspecified atom stereocenters. The van der Waals surface area contributed by atoms with E-state index in [-0.39, 0.29) is 17.7 Å². The van der Waals surface area contributed by atoms with Crippen molar-refractivity contribution in [2.75, 3.05) is 20.1 Å². The molecule has 3 heterocycles. The maximum Gasteiger partial charge on any atom is 0.418 e. The van der Waals surface area contributed by atoms with Gasteiger partial charge in [-0.05, 0) is 69.2 Å². The molecule has 1 amide bonds. The average Bonchev–Trinajstić information content (AvgIpc) is 2.85. The van der Waals surface area contributed by atoms with Crippen molar-refractivity contribution in [3.8, 4) is 22.8 Å². The maximum atomic E-state index is 13.0. The van der Waals surface area contributed by atoms with Gasteiger partial charge in [-0.25, -0.2) is 0 Å². The number of aromatic nitrogens is 2. The van der Waals surface area contributed by atoms with E-state index in [0.29, 0.717) is 23.4 Å². The fourth-order valence-corrected chi connectivity index (χ4v) is 4.08. The lowest BCUT2D eigenvalue weighted by Gasteiger charge is -2.29. The number of benzene rings is 1. The number of hydrogen-bond acceptors (Lipinski definition) is 5. The number of hydrogen-bond donors (Lipinski definition) is 1. The van der Waals surface area contributed by atoms with Crippen molar-refractivity contribution in [1.82, 2.24) is 20.2 Å². The zero-order chi connectivity index (χ0) is 25.0. The number of nitrogens with one attached hydrogen (secondary N) is 1. The molecule has 1 N–H and O–H groups in total. The van der Waals surface area contributed by atoms with E-state index in [1.807, 2.05) is 19.1 Å². The Bertz CT molecular complexity index is 1190. The van der Waals surface area contributed by atoms with Gasteiger partial charge < -0.3 is 15.0 Å². The van der Waals surface area contributed by atoms with Gasteiger partial charge in [-0.15, -0.1) is 0 Å². The van der Waals surface area contributed by atoms with Crippen molar-refractivity contribution in [2.24, 2.45) is 0 Å². The summed E-state index contributed by atoms with van der Waals surface area (Å²) in [7, 11) is 2.08. The molecule has 9 heteroatoms. The highest BCUT2D eigenvalue weighted by Crippen LogP contribution is 2.32. The molecule has 1 aliphatic heterocycles. The highest BCUT2D eigenvalue weighted by molar-refractivity contribution is 5.96. The first-order valence-corrected chi connectivity index (χ1v) is 11.5. The van der Waals surface area contributed by atoms with Gasteiger partial charge in [-0.1, -0.05) is 13.0 Å². The normalized spacial score (nSPS) is 15.1. The number of likely N-dealkylation sites (tertiary alicyclic amines) is 1. The van der Waals surface area contributed by atoms with Crippen molar-refractivity contribution in [1.29, 1.82) is 0 Å². The van der Waals surface area contributed by atoms with Crippen molar-refractivity contribution in [3.63, 3.8) is 0 Å². The molecule has 0 aliphatic carbocycles. The van der Waals surface area contributed by atoms with Crippen LogP contribution < -0.4 is 10.1 Å². The number of pyridine rings is 2. The van der Waals surface area contributed by atoms with E-state index in [0.717, 1.165) is 49.3 Å². The second kappa shape index (κ2) is 10.4. The van der Waals surface area contributed by atoms with Crippen LogP contribution in [0.25, 0.3) is 11.3 Å². The second-order valence-corrected chi connectivity index (χ2v) is 8.66. The summed E-state index contributed by atoms with van der Waals surface area (Å²) in [5.41, 5.74) is 2.01. The maximum absolute atomic E-state index is 13.0. The number of carbonyl (C=O) groups excluding carboxylic acids is 1. The third-order valence-corrected chi connectivity index (χ3v) is 6.09. The minimum Gasteiger partial charge on any atom is -0.456 e. The summed E-state index contributed by atoms with van der Waals surface area (Å²) in [6.07, 6.45) is 1.52. The van der Waals surface area contributed by atoms with Crippen LogP contribution in [0, 0.1) is 0 Å². The molecular weight excluding hydrogens is 457 g/mol. The van der Waals surface area contributed by atoms with Crippen molar-refractivity contribution in [2.45, 2.75) is 38.4 Å². The quantitative estimate of drug-likeness (QED) is 0.512. The molecule has 4 rings (SSSR count). The summed E-state index contributed by atoms with van der Waals surface area (Å²) in [5, 5.41) is 3.15. The summed E-state index contributed by atoms with van der Waals surface area (Å²) < 4.78 is 44.5. The van der Waals surface area contributed by atoms with E-state index < -0.39 is 11.7 Å². The second-order valence-electron chi connectivity index (χ2n) is 8.66. The highest BCUT2D eigenvalue weighted by Gasteiger charge is 2.31. The molecule has 35 heavy (non-hydrogen) atoms. The lowest BCUT2D eigenvalue weighted by atomic mass is 9.98. The van der Waals surface area contributed by atoms with Crippen LogP contribution in [0.3, 0.4) is 0 Å². The largest absolute Gasteiger partial charge is 0.456 e. The number of nitrogens with zero attached hydrogens (tertiary/aromatic N) is 3.